The molecule has 138 valence electrons. The van der Waals surface area contributed by atoms with E-state index in [2.05, 4.69) is 41.0 Å². The van der Waals surface area contributed by atoms with E-state index in [1.54, 1.807) is 24.3 Å². The van der Waals surface area contributed by atoms with Gasteiger partial charge in [0, 0.05) is 23.9 Å². The number of quaternary nitrogens is 1. The smallest absolute Gasteiger partial charge is 0.279 e. The molecule has 0 spiro atoms. The number of hydrogen-bond donors (Lipinski definition) is 3. The van der Waals surface area contributed by atoms with Gasteiger partial charge in [-0.05, 0) is 41.1 Å². The van der Waals surface area contributed by atoms with E-state index in [-0.39, 0.29) is 11.8 Å². The predicted octanol–water partition coefficient (Wildman–Crippen LogP) is 2.45. The van der Waals surface area contributed by atoms with Gasteiger partial charge in [-0.25, -0.2) is 0 Å². The number of nitrogens with one attached hydrogen (secondary N) is 3. The first-order valence-electron chi connectivity index (χ1n) is 8.96. The van der Waals surface area contributed by atoms with Gasteiger partial charge in [0.25, 0.3) is 5.91 Å². The predicted molar refractivity (Wildman–Crippen MR) is 109 cm³/mol. The first kappa shape index (κ1) is 18.6. The molecule has 0 saturated carbocycles. The zero-order valence-electron chi connectivity index (χ0n) is 15.6. The number of benzene rings is 3. The number of rotatable bonds is 6. The highest BCUT2D eigenvalue weighted by Crippen LogP contribution is 2.15. The molecule has 0 aromatic heterocycles. The lowest BCUT2D eigenvalue weighted by Gasteiger charge is -2.14. The van der Waals surface area contributed by atoms with E-state index >= 15 is 0 Å². The number of carbonyl (C=O) groups is 2. The Balaban J connectivity index is 1.54. The van der Waals surface area contributed by atoms with Gasteiger partial charge in [-0.1, -0.05) is 36.4 Å². The van der Waals surface area contributed by atoms with Crippen molar-refractivity contribution in [3.63, 3.8) is 0 Å². The lowest BCUT2D eigenvalue weighted by molar-refractivity contribution is -0.885. The maximum atomic E-state index is 12.3. The number of amides is 2. The molecule has 0 aliphatic rings. The van der Waals surface area contributed by atoms with Crippen LogP contribution in [0, 0.1) is 0 Å². The summed E-state index contributed by atoms with van der Waals surface area (Å²) < 4.78 is 0. The van der Waals surface area contributed by atoms with E-state index in [1.807, 2.05) is 19.2 Å². The van der Waals surface area contributed by atoms with Gasteiger partial charge in [0.1, 0.15) is 6.54 Å². The highest BCUT2D eigenvalue weighted by molar-refractivity contribution is 5.92. The van der Waals surface area contributed by atoms with Crippen LogP contribution in [-0.4, -0.2) is 25.4 Å². The van der Waals surface area contributed by atoms with E-state index in [4.69, 9.17) is 0 Å². The number of carbonyl (C=O) groups excluding carboxylic acids is 2. The van der Waals surface area contributed by atoms with Gasteiger partial charge >= 0.3 is 0 Å². The molecule has 0 aliphatic carbocycles. The summed E-state index contributed by atoms with van der Waals surface area (Å²) in [6, 6.07) is 21.8. The summed E-state index contributed by atoms with van der Waals surface area (Å²) >= 11 is 0. The van der Waals surface area contributed by atoms with Crippen molar-refractivity contribution in [3.05, 3.63) is 72.3 Å². The quantitative estimate of drug-likeness (QED) is 0.631. The lowest BCUT2D eigenvalue weighted by atomic mass is 10.1. The van der Waals surface area contributed by atoms with E-state index in [0.29, 0.717) is 17.9 Å². The topological polar surface area (TPSA) is 62.6 Å². The van der Waals surface area contributed by atoms with Crippen LogP contribution in [0.3, 0.4) is 0 Å². The van der Waals surface area contributed by atoms with Crippen LogP contribution in [-0.2, 0) is 16.1 Å². The third-order valence-corrected chi connectivity index (χ3v) is 4.27. The summed E-state index contributed by atoms with van der Waals surface area (Å²) in [5.74, 6) is -0.161. The van der Waals surface area contributed by atoms with Crippen molar-refractivity contribution in [2.24, 2.45) is 0 Å². The summed E-state index contributed by atoms with van der Waals surface area (Å²) in [5.41, 5.74) is 2.63. The number of likely N-dealkylation sites (N-methyl/N-ethyl adjacent to an activating group) is 1. The van der Waals surface area contributed by atoms with Gasteiger partial charge in [0.15, 0.2) is 6.54 Å². The van der Waals surface area contributed by atoms with Crippen LogP contribution >= 0.6 is 0 Å². The summed E-state index contributed by atoms with van der Waals surface area (Å²) in [6.07, 6.45) is 0. The van der Waals surface area contributed by atoms with Crippen LogP contribution in [0.25, 0.3) is 10.8 Å². The molecule has 3 rings (SSSR count). The first-order valence-corrected chi connectivity index (χ1v) is 8.96. The zero-order chi connectivity index (χ0) is 19.2. The summed E-state index contributed by atoms with van der Waals surface area (Å²) in [4.78, 5) is 24.4. The fraction of sp³-hybridized carbons (Fsp3) is 0.182. The maximum Gasteiger partial charge on any atom is 0.279 e. The monoisotopic (exact) mass is 362 g/mol. The lowest BCUT2D eigenvalue weighted by Crippen LogP contribution is -3.08. The van der Waals surface area contributed by atoms with Crippen molar-refractivity contribution >= 4 is 34.0 Å². The highest BCUT2D eigenvalue weighted by atomic mass is 16.2. The fourth-order valence-electron chi connectivity index (χ4n) is 3.08. The Morgan fingerprint density at radius 3 is 2.15 bits per heavy atom. The maximum absolute atomic E-state index is 12.3. The minimum absolute atomic E-state index is 0.0411. The minimum atomic E-state index is -0.120. The molecule has 0 saturated heterocycles. The molecule has 3 N–H and O–H groups in total. The Morgan fingerprint density at radius 2 is 1.48 bits per heavy atom. The number of fused-ring (bicyclic) bond motifs is 1. The molecule has 2 amide bonds. The molecular formula is C22H24N3O2+. The molecule has 1 unspecified atom stereocenters. The molecule has 0 heterocycles. The van der Waals surface area contributed by atoms with Gasteiger partial charge < -0.3 is 15.5 Å². The van der Waals surface area contributed by atoms with Crippen LogP contribution in [0.1, 0.15) is 12.5 Å². The molecule has 5 nitrogen and oxygen atoms in total. The van der Waals surface area contributed by atoms with E-state index in [0.717, 1.165) is 11.4 Å². The Bertz CT molecular complexity index is 951. The third-order valence-electron chi connectivity index (χ3n) is 4.27. The molecule has 0 bridgehead atoms. The second kappa shape index (κ2) is 8.47. The van der Waals surface area contributed by atoms with Crippen molar-refractivity contribution < 1.29 is 14.5 Å². The standard InChI is InChI=1S/C22H23N3O2/c1-16(26)23-20-9-11-21(12-10-20)24-22(27)15-25(2)14-17-7-8-18-5-3-4-6-19(18)13-17/h3-13H,14-15H2,1-2H3,(H,23,26)(H,24,27)/p+1. The fourth-order valence-corrected chi connectivity index (χ4v) is 3.08. The van der Waals surface area contributed by atoms with Crippen molar-refractivity contribution in [2.45, 2.75) is 13.5 Å². The summed E-state index contributed by atoms with van der Waals surface area (Å²) in [6.45, 7) is 2.61. The van der Waals surface area contributed by atoms with Gasteiger partial charge in [-0.15, -0.1) is 0 Å². The Morgan fingerprint density at radius 1 is 0.852 bits per heavy atom. The van der Waals surface area contributed by atoms with Crippen molar-refractivity contribution in [3.8, 4) is 0 Å². The number of anilines is 2. The van der Waals surface area contributed by atoms with Crippen molar-refractivity contribution in [1.82, 2.24) is 0 Å². The van der Waals surface area contributed by atoms with Crippen LogP contribution < -0.4 is 15.5 Å². The Labute approximate surface area is 159 Å². The van der Waals surface area contributed by atoms with E-state index in [1.165, 1.54) is 23.3 Å². The normalized spacial score (nSPS) is 11.8. The molecule has 0 fully saturated rings. The highest BCUT2D eigenvalue weighted by Gasteiger charge is 2.11. The van der Waals surface area contributed by atoms with Gasteiger partial charge in [-0.3, -0.25) is 9.59 Å². The Kier molecular flexibility index (Phi) is 5.84. The summed E-state index contributed by atoms with van der Waals surface area (Å²) in [7, 11) is 2.01. The molecule has 3 aromatic carbocycles. The summed E-state index contributed by atoms with van der Waals surface area (Å²) in [5, 5.41) is 8.03. The third kappa shape index (κ3) is 5.39. The van der Waals surface area contributed by atoms with Crippen molar-refractivity contribution in [1.29, 1.82) is 0 Å². The second-order valence-corrected chi connectivity index (χ2v) is 6.80. The van der Waals surface area contributed by atoms with Crippen LogP contribution in [0.2, 0.25) is 0 Å². The minimum Gasteiger partial charge on any atom is -0.326 e. The van der Waals surface area contributed by atoms with Crippen LogP contribution in [0.15, 0.2) is 66.7 Å². The second-order valence-electron chi connectivity index (χ2n) is 6.80. The van der Waals surface area contributed by atoms with E-state index in [9.17, 15) is 9.59 Å². The molecular weight excluding hydrogens is 338 g/mol. The van der Waals surface area contributed by atoms with Crippen LogP contribution in [0.4, 0.5) is 11.4 Å². The molecule has 5 heteroatoms. The molecule has 3 aromatic rings. The molecule has 27 heavy (non-hydrogen) atoms. The van der Waals surface area contributed by atoms with Crippen LogP contribution in [0.5, 0.6) is 0 Å². The molecule has 0 radical (unpaired) electrons. The van der Waals surface area contributed by atoms with Gasteiger partial charge in [0.05, 0.1) is 7.05 Å². The molecule has 0 aliphatic heterocycles. The van der Waals surface area contributed by atoms with Crippen molar-refractivity contribution in [2.75, 3.05) is 24.2 Å². The average molecular weight is 362 g/mol. The number of hydrogen-bond acceptors (Lipinski definition) is 2. The van der Waals surface area contributed by atoms with Gasteiger partial charge in [0.2, 0.25) is 5.91 Å². The van der Waals surface area contributed by atoms with Gasteiger partial charge in [-0.2, -0.15) is 0 Å². The first-order chi connectivity index (χ1) is 13.0. The average Bonchev–Trinajstić information content (AvgIpc) is 2.62. The molecule has 1 atom stereocenters. The Hall–Kier alpha value is -3.18. The zero-order valence-corrected chi connectivity index (χ0v) is 15.6. The largest absolute Gasteiger partial charge is 0.326 e. The SMILES string of the molecule is CC(=O)Nc1ccc(NC(=O)C[NH+](C)Cc2ccc3ccccc3c2)cc1. The van der Waals surface area contributed by atoms with E-state index < -0.39 is 0 Å².